The maximum absolute atomic E-state index is 5.93. The second-order valence-electron chi connectivity index (χ2n) is 6.63. The van der Waals surface area contributed by atoms with Gasteiger partial charge in [-0.05, 0) is 69.4 Å². The molecular weight excluding hydrogens is 248 g/mol. The van der Waals surface area contributed by atoms with Crippen molar-refractivity contribution in [1.82, 2.24) is 10.2 Å². The fourth-order valence-corrected chi connectivity index (χ4v) is 3.31. The minimum absolute atomic E-state index is 0.696. The topological polar surface area (TPSA) is 28.4 Å². The summed E-state index contributed by atoms with van der Waals surface area (Å²) >= 11 is 0. The number of nitrogens with zero attached hydrogens (tertiary/aromatic N) is 1. The molecule has 1 aromatic rings. The Morgan fingerprint density at radius 1 is 1.30 bits per heavy atom. The van der Waals surface area contributed by atoms with Gasteiger partial charge in [-0.3, -0.25) is 0 Å². The van der Waals surface area contributed by atoms with Crippen LogP contribution < -0.4 is 5.32 Å². The van der Waals surface area contributed by atoms with Crippen LogP contribution in [0.3, 0.4) is 0 Å². The molecule has 1 saturated heterocycles. The maximum Gasteiger partial charge on any atom is 0.117 e. The highest BCUT2D eigenvalue weighted by Crippen LogP contribution is 2.47. The van der Waals surface area contributed by atoms with E-state index in [2.05, 4.69) is 36.2 Å². The molecule has 2 aliphatic rings. The van der Waals surface area contributed by atoms with E-state index in [9.17, 15) is 0 Å². The Labute approximate surface area is 122 Å². The number of furan rings is 1. The molecule has 3 rings (SSSR count). The molecule has 112 valence electrons. The Hall–Kier alpha value is -0.800. The third-order valence-electron chi connectivity index (χ3n) is 5.04. The second-order valence-corrected chi connectivity index (χ2v) is 6.63. The fourth-order valence-electron chi connectivity index (χ4n) is 3.31. The Morgan fingerprint density at radius 3 is 2.70 bits per heavy atom. The molecule has 3 nitrogen and oxygen atoms in total. The molecule has 1 aliphatic carbocycles. The first kappa shape index (κ1) is 14.2. The van der Waals surface area contributed by atoms with Gasteiger partial charge in [0.1, 0.15) is 11.5 Å². The van der Waals surface area contributed by atoms with Crippen LogP contribution in [-0.4, -0.2) is 31.1 Å². The van der Waals surface area contributed by atoms with Crippen molar-refractivity contribution in [3.05, 3.63) is 23.7 Å². The smallest absolute Gasteiger partial charge is 0.117 e. The average Bonchev–Trinajstić information content (AvgIpc) is 3.01. The zero-order chi connectivity index (χ0) is 13.9. The summed E-state index contributed by atoms with van der Waals surface area (Å²) in [6, 6.07) is 4.32. The lowest BCUT2D eigenvalue weighted by Crippen LogP contribution is -2.36. The molecule has 2 fully saturated rings. The number of likely N-dealkylation sites (tertiary alicyclic amines) is 1. The predicted octanol–water partition coefficient (Wildman–Crippen LogP) is 3.22. The van der Waals surface area contributed by atoms with Gasteiger partial charge in [0.05, 0.1) is 6.54 Å². The molecule has 2 atom stereocenters. The lowest BCUT2D eigenvalue weighted by molar-refractivity contribution is 0.189. The molecule has 20 heavy (non-hydrogen) atoms. The second kappa shape index (κ2) is 6.31. The van der Waals surface area contributed by atoms with Crippen LogP contribution in [0.4, 0.5) is 0 Å². The zero-order valence-electron chi connectivity index (χ0n) is 12.9. The molecule has 2 heterocycles. The summed E-state index contributed by atoms with van der Waals surface area (Å²) in [5.41, 5.74) is 0. The van der Waals surface area contributed by atoms with Crippen molar-refractivity contribution in [2.75, 3.05) is 26.2 Å². The van der Waals surface area contributed by atoms with E-state index < -0.39 is 0 Å². The van der Waals surface area contributed by atoms with Crippen LogP contribution in [0.2, 0.25) is 0 Å². The highest BCUT2D eigenvalue weighted by atomic mass is 16.3. The molecule has 0 aromatic carbocycles. The van der Waals surface area contributed by atoms with Gasteiger partial charge in [-0.15, -0.1) is 0 Å². The largest absolute Gasteiger partial charge is 0.464 e. The Bertz CT molecular complexity index is 420. The molecular formula is C17H28N2O. The molecule has 0 radical (unpaired) electrons. The third kappa shape index (κ3) is 3.44. The van der Waals surface area contributed by atoms with Crippen molar-refractivity contribution in [3.8, 4) is 0 Å². The summed E-state index contributed by atoms with van der Waals surface area (Å²) in [6.07, 6.45) is 3.98. The van der Waals surface area contributed by atoms with E-state index in [0.717, 1.165) is 30.7 Å². The molecule has 2 unspecified atom stereocenters. The van der Waals surface area contributed by atoms with Crippen LogP contribution in [0, 0.1) is 11.8 Å². The first-order valence-corrected chi connectivity index (χ1v) is 8.28. The number of rotatable bonds is 6. The molecule has 1 aromatic heterocycles. The number of nitrogens with one attached hydrogen (secondary N) is 1. The Balaban J connectivity index is 1.36. The van der Waals surface area contributed by atoms with E-state index in [4.69, 9.17) is 4.42 Å². The van der Waals surface area contributed by atoms with Gasteiger partial charge < -0.3 is 14.6 Å². The third-order valence-corrected chi connectivity index (χ3v) is 5.04. The van der Waals surface area contributed by atoms with Gasteiger partial charge in [0, 0.05) is 5.92 Å². The average molecular weight is 276 g/mol. The summed E-state index contributed by atoms with van der Waals surface area (Å²) in [5, 5.41) is 3.58. The van der Waals surface area contributed by atoms with E-state index >= 15 is 0 Å². The quantitative estimate of drug-likeness (QED) is 0.864. The summed E-state index contributed by atoms with van der Waals surface area (Å²) in [5.74, 6) is 4.67. The van der Waals surface area contributed by atoms with Gasteiger partial charge in [0.15, 0.2) is 0 Å². The minimum Gasteiger partial charge on any atom is -0.464 e. The van der Waals surface area contributed by atoms with Crippen LogP contribution in [0.25, 0.3) is 0 Å². The molecule has 1 aliphatic heterocycles. The van der Waals surface area contributed by atoms with E-state index in [-0.39, 0.29) is 0 Å². The minimum atomic E-state index is 0.696. The summed E-state index contributed by atoms with van der Waals surface area (Å²) in [7, 11) is 0. The first-order valence-electron chi connectivity index (χ1n) is 8.28. The van der Waals surface area contributed by atoms with Gasteiger partial charge in [-0.2, -0.15) is 0 Å². The van der Waals surface area contributed by atoms with Gasteiger partial charge in [0.2, 0.25) is 0 Å². The number of piperidine rings is 1. The van der Waals surface area contributed by atoms with Crippen LogP contribution >= 0.6 is 0 Å². The molecule has 0 amide bonds. The normalized spacial score (nSPS) is 27.9. The van der Waals surface area contributed by atoms with E-state index in [1.165, 1.54) is 44.7 Å². The van der Waals surface area contributed by atoms with Crippen LogP contribution in [0.1, 0.15) is 50.5 Å². The fraction of sp³-hybridized carbons (Fsp3) is 0.765. The highest BCUT2D eigenvalue weighted by Gasteiger charge is 2.36. The van der Waals surface area contributed by atoms with Crippen LogP contribution in [-0.2, 0) is 6.54 Å². The van der Waals surface area contributed by atoms with E-state index in [1.807, 2.05) is 0 Å². The van der Waals surface area contributed by atoms with Gasteiger partial charge in [-0.25, -0.2) is 0 Å². The number of hydrogen-bond donors (Lipinski definition) is 1. The van der Waals surface area contributed by atoms with Gasteiger partial charge in [0.25, 0.3) is 0 Å². The van der Waals surface area contributed by atoms with Crippen molar-refractivity contribution in [1.29, 1.82) is 0 Å². The Morgan fingerprint density at radius 2 is 2.05 bits per heavy atom. The molecule has 0 bridgehead atoms. The van der Waals surface area contributed by atoms with Crippen LogP contribution in [0.15, 0.2) is 16.5 Å². The predicted molar refractivity (Wildman–Crippen MR) is 81.8 cm³/mol. The van der Waals surface area contributed by atoms with Crippen molar-refractivity contribution in [2.24, 2.45) is 11.8 Å². The van der Waals surface area contributed by atoms with Crippen LogP contribution in [0.5, 0.6) is 0 Å². The first-order chi connectivity index (χ1) is 9.76. The SMILES string of the molecule is CCN1CCC(CNCc2ccc(C3CC3C)o2)CC1. The van der Waals surface area contributed by atoms with Crippen molar-refractivity contribution in [2.45, 2.75) is 45.6 Å². The summed E-state index contributed by atoms with van der Waals surface area (Å²) in [4.78, 5) is 2.55. The lowest BCUT2D eigenvalue weighted by Gasteiger charge is -2.31. The molecule has 0 spiro atoms. The van der Waals surface area contributed by atoms with Crippen molar-refractivity contribution >= 4 is 0 Å². The maximum atomic E-state index is 5.93. The summed E-state index contributed by atoms with van der Waals surface area (Å²) < 4.78 is 5.93. The molecule has 3 heteroatoms. The van der Waals surface area contributed by atoms with Gasteiger partial charge in [-0.1, -0.05) is 13.8 Å². The van der Waals surface area contributed by atoms with E-state index in [1.54, 1.807) is 0 Å². The highest BCUT2D eigenvalue weighted by molar-refractivity contribution is 5.17. The standard InChI is InChI=1S/C17H28N2O/c1-3-19-8-6-14(7-9-19)11-18-12-15-4-5-17(20-15)16-10-13(16)2/h4-5,13-14,16,18H,3,6-12H2,1-2H3. The summed E-state index contributed by atoms with van der Waals surface area (Å²) in [6.45, 7) is 10.3. The van der Waals surface area contributed by atoms with Gasteiger partial charge >= 0.3 is 0 Å². The molecule has 1 N–H and O–H groups in total. The van der Waals surface area contributed by atoms with Crippen molar-refractivity contribution < 1.29 is 4.42 Å². The zero-order valence-corrected chi connectivity index (χ0v) is 12.9. The number of hydrogen-bond acceptors (Lipinski definition) is 3. The molecule has 1 saturated carbocycles. The lowest BCUT2D eigenvalue weighted by atomic mass is 9.97. The Kier molecular flexibility index (Phi) is 4.47. The van der Waals surface area contributed by atoms with Crippen molar-refractivity contribution in [3.63, 3.8) is 0 Å². The van der Waals surface area contributed by atoms with E-state index in [0.29, 0.717) is 5.92 Å². The monoisotopic (exact) mass is 276 g/mol.